The summed E-state index contributed by atoms with van der Waals surface area (Å²) in [7, 11) is 0. The molecule has 0 saturated heterocycles. The number of nitrogen functional groups attached to an aromatic ring is 1. The molecule has 4 fully saturated rings. The summed E-state index contributed by atoms with van der Waals surface area (Å²) in [5, 5.41) is 4.71. The zero-order chi connectivity index (χ0) is 14.1. The van der Waals surface area contributed by atoms with Crippen LogP contribution >= 0.6 is 15.9 Å². The number of hydrogen-bond donors (Lipinski definition) is 1. The first kappa shape index (κ1) is 13.2. The zero-order valence-corrected chi connectivity index (χ0v) is 14.0. The topological polar surface area (TPSA) is 43.8 Å². The van der Waals surface area contributed by atoms with Crippen molar-refractivity contribution in [3.63, 3.8) is 0 Å². The quantitative estimate of drug-likeness (QED) is 0.873. The summed E-state index contributed by atoms with van der Waals surface area (Å²) in [6.07, 6.45) is 8.66. The third-order valence-corrected chi connectivity index (χ3v) is 7.37. The molecule has 4 aliphatic carbocycles. The zero-order valence-electron chi connectivity index (χ0n) is 12.4. The highest BCUT2D eigenvalue weighted by Crippen LogP contribution is 2.63. The number of nitrogens with zero attached hydrogens (tertiary/aromatic N) is 2. The number of nitrogens with two attached hydrogens (primary N) is 1. The van der Waals surface area contributed by atoms with Gasteiger partial charge in [0.2, 0.25) is 0 Å². The van der Waals surface area contributed by atoms with Gasteiger partial charge in [0.1, 0.15) is 5.82 Å². The molecule has 4 heteroatoms. The van der Waals surface area contributed by atoms with Crippen molar-refractivity contribution in [2.24, 2.45) is 23.2 Å². The maximum atomic E-state index is 6.28. The lowest BCUT2D eigenvalue weighted by molar-refractivity contribution is -0.0806. The standard InChI is InChI=1S/C16H24BrN3/c1-9-14(17)15(18)20(19-9)10(2)16-6-11-3-12(7-16)5-13(4-11)8-16/h10-13H,3-8,18H2,1-2H3. The molecule has 5 rings (SSSR count). The van der Waals surface area contributed by atoms with E-state index in [0.29, 0.717) is 11.5 Å². The number of rotatable bonds is 2. The lowest BCUT2D eigenvalue weighted by Crippen LogP contribution is -2.49. The highest BCUT2D eigenvalue weighted by Gasteiger charge is 2.54. The van der Waals surface area contributed by atoms with Crippen LogP contribution in [0.4, 0.5) is 5.82 Å². The molecule has 20 heavy (non-hydrogen) atoms. The van der Waals surface area contributed by atoms with Crippen molar-refractivity contribution in [3.05, 3.63) is 10.2 Å². The SMILES string of the molecule is Cc1nn(C(C)C23CC4CC(CC(C4)C2)C3)c(N)c1Br. The van der Waals surface area contributed by atoms with Gasteiger partial charge in [0.15, 0.2) is 0 Å². The summed E-state index contributed by atoms with van der Waals surface area (Å²) >= 11 is 3.57. The number of hydrogen-bond acceptors (Lipinski definition) is 2. The molecule has 1 aromatic rings. The van der Waals surface area contributed by atoms with Gasteiger partial charge >= 0.3 is 0 Å². The lowest BCUT2D eigenvalue weighted by atomic mass is 9.48. The molecule has 4 saturated carbocycles. The highest BCUT2D eigenvalue weighted by atomic mass is 79.9. The van der Waals surface area contributed by atoms with Crippen LogP contribution in [0.25, 0.3) is 0 Å². The van der Waals surface area contributed by atoms with Crippen LogP contribution in [-0.4, -0.2) is 9.78 Å². The lowest BCUT2D eigenvalue weighted by Gasteiger charge is -2.59. The molecule has 2 N–H and O–H groups in total. The maximum Gasteiger partial charge on any atom is 0.136 e. The van der Waals surface area contributed by atoms with Gasteiger partial charge < -0.3 is 5.73 Å². The van der Waals surface area contributed by atoms with Crippen molar-refractivity contribution in [2.75, 3.05) is 5.73 Å². The summed E-state index contributed by atoms with van der Waals surface area (Å²) in [6, 6.07) is 0.431. The number of halogens is 1. The molecule has 0 spiro atoms. The van der Waals surface area contributed by atoms with Gasteiger partial charge in [-0.15, -0.1) is 0 Å². The Balaban J connectivity index is 1.71. The minimum Gasteiger partial charge on any atom is -0.383 e. The van der Waals surface area contributed by atoms with Gasteiger partial charge in [-0.1, -0.05) is 0 Å². The van der Waals surface area contributed by atoms with E-state index in [0.717, 1.165) is 33.7 Å². The van der Waals surface area contributed by atoms with E-state index >= 15 is 0 Å². The summed E-state index contributed by atoms with van der Waals surface area (Å²) in [6.45, 7) is 4.38. The van der Waals surface area contributed by atoms with Crippen molar-refractivity contribution in [3.8, 4) is 0 Å². The minimum absolute atomic E-state index is 0.431. The summed E-state index contributed by atoms with van der Waals surface area (Å²) in [5.41, 5.74) is 7.75. The Morgan fingerprint density at radius 1 is 1.20 bits per heavy atom. The normalized spacial score (nSPS) is 40.2. The van der Waals surface area contributed by atoms with Crippen molar-refractivity contribution in [1.82, 2.24) is 9.78 Å². The third-order valence-electron chi connectivity index (χ3n) is 6.39. The molecule has 110 valence electrons. The largest absolute Gasteiger partial charge is 0.383 e. The smallest absolute Gasteiger partial charge is 0.136 e. The van der Waals surface area contributed by atoms with E-state index in [1.165, 1.54) is 38.5 Å². The second kappa shape index (κ2) is 4.25. The second-order valence-corrected chi connectivity index (χ2v) is 8.48. The predicted molar refractivity (Wildman–Crippen MR) is 84.4 cm³/mol. The molecule has 1 heterocycles. The fourth-order valence-electron chi connectivity index (χ4n) is 5.79. The van der Waals surface area contributed by atoms with Crippen LogP contribution in [0, 0.1) is 30.1 Å². The van der Waals surface area contributed by atoms with Crippen molar-refractivity contribution < 1.29 is 0 Å². The van der Waals surface area contributed by atoms with E-state index in [2.05, 4.69) is 27.5 Å². The highest BCUT2D eigenvalue weighted by molar-refractivity contribution is 9.10. The number of anilines is 1. The first-order valence-electron chi connectivity index (χ1n) is 7.98. The monoisotopic (exact) mass is 337 g/mol. The molecular formula is C16H24BrN3. The minimum atomic E-state index is 0.431. The number of aromatic nitrogens is 2. The Hall–Kier alpha value is -0.510. The molecule has 0 radical (unpaired) electrons. The Morgan fingerprint density at radius 2 is 1.70 bits per heavy atom. The van der Waals surface area contributed by atoms with E-state index in [4.69, 9.17) is 10.8 Å². The average Bonchev–Trinajstić information content (AvgIpc) is 2.64. The Kier molecular flexibility index (Phi) is 2.80. The van der Waals surface area contributed by atoms with Crippen LogP contribution < -0.4 is 5.73 Å². The molecule has 1 unspecified atom stereocenters. The van der Waals surface area contributed by atoms with E-state index < -0.39 is 0 Å². The maximum absolute atomic E-state index is 6.28. The van der Waals surface area contributed by atoms with Crippen LogP contribution in [0.5, 0.6) is 0 Å². The van der Waals surface area contributed by atoms with Gasteiger partial charge in [-0.3, -0.25) is 0 Å². The molecule has 3 nitrogen and oxygen atoms in total. The van der Waals surface area contributed by atoms with Crippen LogP contribution in [0.1, 0.15) is 57.2 Å². The Labute approximate surface area is 129 Å². The molecule has 4 aliphatic rings. The third kappa shape index (κ3) is 1.73. The van der Waals surface area contributed by atoms with Gasteiger partial charge in [-0.25, -0.2) is 4.68 Å². The fourth-order valence-corrected chi connectivity index (χ4v) is 6.05. The van der Waals surface area contributed by atoms with Crippen LogP contribution in [0.15, 0.2) is 4.47 Å². The van der Waals surface area contributed by atoms with E-state index in [-0.39, 0.29) is 0 Å². The molecule has 1 aromatic heterocycles. The summed E-state index contributed by atoms with van der Waals surface area (Å²) < 4.78 is 3.08. The van der Waals surface area contributed by atoms with E-state index in [9.17, 15) is 0 Å². The predicted octanol–water partition coefficient (Wildman–Crippen LogP) is 4.31. The van der Waals surface area contributed by atoms with Gasteiger partial charge in [-0.2, -0.15) is 5.10 Å². The molecule has 0 aromatic carbocycles. The second-order valence-electron chi connectivity index (χ2n) is 7.69. The molecule has 0 aliphatic heterocycles. The average molecular weight is 338 g/mol. The fraction of sp³-hybridized carbons (Fsp3) is 0.812. The van der Waals surface area contributed by atoms with Crippen LogP contribution in [0.3, 0.4) is 0 Å². The summed E-state index contributed by atoms with van der Waals surface area (Å²) in [5.74, 6) is 3.74. The van der Waals surface area contributed by atoms with Gasteiger partial charge in [0.05, 0.1) is 16.2 Å². The van der Waals surface area contributed by atoms with Crippen LogP contribution in [-0.2, 0) is 0 Å². The van der Waals surface area contributed by atoms with Crippen molar-refractivity contribution in [2.45, 2.75) is 58.4 Å². The molecule has 0 amide bonds. The van der Waals surface area contributed by atoms with E-state index in [1.807, 2.05) is 6.92 Å². The Morgan fingerprint density at radius 3 is 2.10 bits per heavy atom. The van der Waals surface area contributed by atoms with Crippen LogP contribution in [0.2, 0.25) is 0 Å². The van der Waals surface area contributed by atoms with Crippen molar-refractivity contribution >= 4 is 21.7 Å². The first-order chi connectivity index (χ1) is 9.48. The number of aryl methyl sites for hydroxylation is 1. The molecular weight excluding hydrogens is 314 g/mol. The Bertz CT molecular complexity index is 513. The van der Waals surface area contributed by atoms with Gasteiger partial charge in [0.25, 0.3) is 0 Å². The molecule has 1 atom stereocenters. The van der Waals surface area contributed by atoms with Gasteiger partial charge in [0, 0.05) is 0 Å². The van der Waals surface area contributed by atoms with Crippen molar-refractivity contribution in [1.29, 1.82) is 0 Å². The first-order valence-corrected chi connectivity index (χ1v) is 8.78. The van der Waals surface area contributed by atoms with E-state index in [1.54, 1.807) is 0 Å². The van der Waals surface area contributed by atoms with Gasteiger partial charge in [-0.05, 0) is 91.5 Å². The summed E-state index contributed by atoms with van der Waals surface area (Å²) in [4.78, 5) is 0. The molecule has 4 bridgehead atoms.